The van der Waals surface area contributed by atoms with Crippen LogP contribution in [0.5, 0.6) is 11.5 Å². The zero-order chi connectivity index (χ0) is 18.7. The highest BCUT2D eigenvalue weighted by Crippen LogP contribution is 2.23. The highest BCUT2D eigenvalue weighted by atomic mass is 16.5. The summed E-state index contributed by atoms with van der Waals surface area (Å²) in [7, 11) is 3.31. The lowest BCUT2D eigenvalue weighted by atomic mass is 10.2. The molecule has 0 unspecified atom stereocenters. The van der Waals surface area contributed by atoms with Gasteiger partial charge in [0.1, 0.15) is 17.2 Å². The third kappa shape index (κ3) is 3.69. The highest BCUT2D eigenvalue weighted by molar-refractivity contribution is 5.92. The van der Waals surface area contributed by atoms with E-state index >= 15 is 0 Å². The van der Waals surface area contributed by atoms with Crippen LogP contribution in [0.3, 0.4) is 0 Å². The molecule has 26 heavy (non-hydrogen) atoms. The van der Waals surface area contributed by atoms with E-state index in [4.69, 9.17) is 4.74 Å². The number of carbonyl (C=O) groups is 1. The first kappa shape index (κ1) is 17.5. The maximum atomic E-state index is 12.7. The van der Waals surface area contributed by atoms with Crippen molar-refractivity contribution in [1.29, 1.82) is 0 Å². The lowest BCUT2D eigenvalue weighted by Crippen LogP contribution is -2.26. The van der Waals surface area contributed by atoms with Crippen molar-refractivity contribution < 1.29 is 14.6 Å². The van der Waals surface area contributed by atoms with E-state index in [0.717, 1.165) is 16.8 Å². The van der Waals surface area contributed by atoms with Gasteiger partial charge in [0.2, 0.25) is 0 Å². The van der Waals surface area contributed by atoms with Crippen molar-refractivity contribution in [3.05, 3.63) is 71.5 Å². The van der Waals surface area contributed by atoms with Crippen LogP contribution >= 0.6 is 0 Å². The summed E-state index contributed by atoms with van der Waals surface area (Å²) in [5.74, 6) is 0.670. The largest absolute Gasteiger partial charge is 0.508 e. The number of aryl methyl sites for hydroxylation is 1. The fourth-order valence-corrected chi connectivity index (χ4v) is 2.75. The maximum absolute atomic E-state index is 12.7. The van der Waals surface area contributed by atoms with Crippen LogP contribution in [-0.4, -0.2) is 39.9 Å². The summed E-state index contributed by atoms with van der Waals surface area (Å²) >= 11 is 0. The van der Waals surface area contributed by atoms with Crippen molar-refractivity contribution in [2.75, 3.05) is 14.2 Å². The standard InChI is InChI=1S/C20H21N3O3/c1-14-7-8-19(26-3)18(11-14)23-10-9-17(21-23)20(25)22(2)13-15-5-4-6-16(24)12-15/h4-12,24H,13H2,1-3H3. The third-order valence-corrected chi connectivity index (χ3v) is 4.07. The topological polar surface area (TPSA) is 67.6 Å². The molecule has 0 saturated heterocycles. The minimum absolute atomic E-state index is 0.180. The molecule has 1 aromatic heterocycles. The molecule has 0 atom stereocenters. The average molecular weight is 351 g/mol. The van der Waals surface area contributed by atoms with Crippen molar-refractivity contribution in [1.82, 2.24) is 14.7 Å². The molecule has 1 heterocycles. The lowest BCUT2D eigenvalue weighted by molar-refractivity contribution is 0.0778. The van der Waals surface area contributed by atoms with Crippen molar-refractivity contribution in [2.45, 2.75) is 13.5 Å². The van der Waals surface area contributed by atoms with E-state index in [-0.39, 0.29) is 11.7 Å². The molecule has 6 nitrogen and oxygen atoms in total. The zero-order valence-electron chi connectivity index (χ0n) is 15.0. The molecular weight excluding hydrogens is 330 g/mol. The molecule has 0 saturated carbocycles. The fraction of sp³-hybridized carbons (Fsp3) is 0.200. The Hall–Kier alpha value is -3.28. The Morgan fingerprint density at radius 1 is 1.23 bits per heavy atom. The van der Waals surface area contributed by atoms with Gasteiger partial charge in [-0.3, -0.25) is 4.79 Å². The number of aromatic nitrogens is 2. The lowest BCUT2D eigenvalue weighted by Gasteiger charge is -2.16. The number of benzene rings is 2. The predicted octanol–water partition coefficient (Wildman–Crippen LogP) is 3.17. The molecule has 0 aliphatic heterocycles. The number of nitrogens with zero attached hydrogens (tertiary/aromatic N) is 3. The number of aromatic hydroxyl groups is 1. The van der Waals surface area contributed by atoms with Gasteiger partial charge in [-0.2, -0.15) is 5.10 Å². The Balaban J connectivity index is 1.81. The molecule has 0 bridgehead atoms. The summed E-state index contributed by atoms with van der Waals surface area (Å²) in [6.07, 6.45) is 1.74. The minimum Gasteiger partial charge on any atom is -0.508 e. The van der Waals surface area contributed by atoms with Gasteiger partial charge in [0.15, 0.2) is 5.69 Å². The van der Waals surface area contributed by atoms with Crippen molar-refractivity contribution in [3.8, 4) is 17.2 Å². The molecule has 3 aromatic rings. The number of phenolic OH excluding ortho intramolecular Hbond substituents is 1. The van der Waals surface area contributed by atoms with Crippen LogP contribution in [0.15, 0.2) is 54.7 Å². The second-order valence-corrected chi connectivity index (χ2v) is 6.15. The molecule has 0 aliphatic rings. The van der Waals surface area contributed by atoms with E-state index in [1.165, 1.54) is 0 Å². The normalized spacial score (nSPS) is 10.6. The molecule has 6 heteroatoms. The predicted molar refractivity (Wildman–Crippen MR) is 98.8 cm³/mol. The Morgan fingerprint density at radius 3 is 2.77 bits per heavy atom. The van der Waals surface area contributed by atoms with E-state index in [1.54, 1.807) is 54.2 Å². The summed E-state index contributed by atoms with van der Waals surface area (Å²) in [6, 6.07) is 14.3. The van der Waals surface area contributed by atoms with Gasteiger partial charge >= 0.3 is 0 Å². The van der Waals surface area contributed by atoms with E-state index in [2.05, 4.69) is 5.10 Å². The Morgan fingerprint density at radius 2 is 2.04 bits per heavy atom. The quantitative estimate of drug-likeness (QED) is 0.767. The number of rotatable bonds is 5. The van der Waals surface area contributed by atoms with Gasteiger partial charge in [0, 0.05) is 19.8 Å². The van der Waals surface area contributed by atoms with Crippen LogP contribution in [0.25, 0.3) is 5.69 Å². The summed E-state index contributed by atoms with van der Waals surface area (Å²) < 4.78 is 7.02. The van der Waals surface area contributed by atoms with Crippen LogP contribution in [0.1, 0.15) is 21.6 Å². The number of ether oxygens (including phenoxy) is 1. The molecular formula is C20H21N3O3. The van der Waals surface area contributed by atoms with Gasteiger partial charge < -0.3 is 14.7 Å². The van der Waals surface area contributed by atoms with Gasteiger partial charge in [0.25, 0.3) is 5.91 Å². The Bertz CT molecular complexity index is 934. The molecule has 0 radical (unpaired) electrons. The molecule has 0 spiro atoms. The van der Waals surface area contributed by atoms with Gasteiger partial charge in [-0.1, -0.05) is 18.2 Å². The Labute approximate surface area is 152 Å². The molecule has 0 fully saturated rings. The number of methoxy groups -OCH3 is 1. The number of amides is 1. The molecule has 1 amide bonds. The first-order chi connectivity index (χ1) is 12.5. The van der Waals surface area contributed by atoms with Crippen molar-refractivity contribution in [2.24, 2.45) is 0 Å². The van der Waals surface area contributed by atoms with Crippen LogP contribution in [-0.2, 0) is 6.54 Å². The van der Waals surface area contributed by atoms with Crippen molar-refractivity contribution in [3.63, 3.8) is 0 Å². The smallest absolute Gasteiger partial charge is 0.274 e. The van der Waals surface area contributed by atoms with Gasteiger partial charge in [-0.05, 0) is 48.4 Å². The highest BCUT2D eigenvalue weighted by Gasteiger charge is 2.17. The second kappa shape index (κ2) is 7.31. The third-order valence-electron chi connectivity index (χ3n) is 4.07. The first-order valence-electron chi connectivity index (χ1n) is 8.22. The van der Waals surface area contributed by atoms with E-state index in [1.807, 2.05) is 31.2 Å². The van der Waals surface area contributed by atoms with E-state index in [0.29, 0.717) is 18.0 Å². The van der Waals surface area contributed by atoms with Crippen molar-refractivity contribution >= 4 is 5.91 Å². The van der Waals surface area contributed by atoms with Crippen LogP contribution in [0.2, 0.25) is 0 Å². The summed E-state index contributed by atoms with van der Waals surface area (Å²) in [6.45, 7) is 2.37. The Kier molecular flexibility index (Phi) is 4.93. The minimum atomic E-state index is -0.196. The summed E-state index contributed by atoms with van der Waals surface area (Å²) in [5.41, 5.74) is 3.05. The van der Waals surface area contributed by atoms with Gasteiger partial charge in [-0.15, -0.1) is 0 Å². The van der Waals surface area contributed by atoms with Crippen LogP contribution in [0.4, 0.5) is 0 Å². The second-order valence-electron chi connectivity index (χ2n) is 6.15. The van der Waals surface area contributed by atoms with E-state index < -0.39 is 0 Å². The number of phenols is 1. The monoisotopic (exact) mass is 351 g/mol. The fourth-order valence-electron chi connectivity index (χ4n) is 2.75. The molecule has 0 aliphatic carbocycles. The summed E-state index contributed by atoms with van der Waals surface area (Å²) in [5, 5.41) is 14.0. The van der Waals surface area contributed by atoms with E-state index in [9.17, 15) is 9.90 Å². The zero-order valence-corrected chi connectivity index (χ0v) is 15.0. The maximum Gasteiger partial charge on any atom is 0.274 e. The van der Waals surface area contributed by atoms with Crippen LogP contribution < -0.4 is 4.74 Å². The molecule has 134 valence electrons. The number of hydrogen-bond donors (Lipinski definition) is 1. The number of carbonyl (C=O) groups excluding carboxylic acids is 1. The number of hydrogen-bond acceptors (Lipinski definition) is 4. The first-order valence-corrected chi connectivity index (χ1v) is 8.22. The van der Waals surface area contributed by atoms with Crippen LogP contribution in [0, 0.1) is 6.92 Å². The SMILES string of the molecule is COc1ccc(C)cc1-n1ccc(C(=O)N(C)Cc2cccc(O)c2)n1. The molecule has 1 N–H and O–H groups in total. The average Bonchev–Trinajstić information content (AvgIpc) is 3.11. The molecule has 2 aromatic carbocycles. The summed E-state index contributed by atoms with van der Waals surface area (Å²) in [4.78, 5) is 14.2. The molecule has 3 rings (SSSR count). The van der Waals surface area contributed by atoms with Gasteiger partial charge in [-0.25, -0.2) is 4.68 Å². The van der Waals surface area contributed by atoms with Gasteiger partial charge in [0.05, 0.1) is 7.11 Å².